The van der Waals surface area contributed by atoms with Gasteiger partial charge in [-0.15, -0.1) is 5.73 Å². The molecule has 0 fully saturated rings. The first-order valence-electron chi connectivity index (χ1n) is 2.30. The smallest absolute Gasteiger partial charge is 0.102 e. The fraction of sp³-hybridized carbons (Fsp3) is 0.167. The lowest BCUT2D eigenvalue weighted by Gasteiger charge is -2.09. The zero-order valence-electron chi connectivity index (χ0n) is 4.37. The third kappa shape index (κ3) is 2.19. The summed E-state index contributed by atoms with van der Waals surface area (Å²) in [5, 5.41) is 0.575. The van der Waals surface area contributed by atoms with Gasteiger partial charge >= 0.3 is 0 Å². The summed E-state index contributed by atoms with van der Waals surface area (Å²) in [5.41, 5.74) is 2.76. The summed E-state index contributed by atoms with van der Waals surface area (Å²) in [5.74, 6) is 0. The van der Waals surface area contributed by atoms with Crippen molar-refractivity contribution in [1.82, 2.24) is 0 Å². The third-order valence-electron chi connectivity index (χ3n) is 0.854. The summed E-state index contributed by atoms with van der Waals surface area (Å²) in [6.07, 6.45) is 5.09. The lowest BCUT2D eigenvalue weighted by atomic mass is 10.3. The van der Waals surface area contributed by atoms with Gasteiger partial charge in [0.1, 0.15) is 3.78 Å². The van der Waals surface area contributed by atoms with E-state index in [0.717, 1.165) is 0 Å². The maximum absolute atomic E-state index is 5.78. The number of alkyl halides is 2. The van der Waals surface area contributed by atoms with E-state index in [0.29, 0.717) is 5.03 Å². The highest BCUT2D eigenvalue weighted by Gasteiger charge is 2.16. The van der Waals surface area contributed by atoms with E-state index in [1.807, 2.05) is 0 Å². The van der Waals surface area contributed by atoms with Crippen LogP contribution in [0.3, 0.4) is 0 Å². The Labute approximate surface area is 72.0 Å². The van der Waals surface area contributed by atoms with Crippen LogP contribution in [0.15, 0.2) is 29.0 Å². The van der Waals surface area contributed by atoms with Crippen LogP contribution in [0.2, 0.25) is 0 Å². The van der Waals surface area contributed by atoms with Gasteiger partial charge in [-0.25, -0.2) is 0 Å². The molecule has 0 spiro atoms. The molecule has 0 radical (unpaired) electrons. The average molecular weight is 226 g/mol. The van der Waals surface area contributed by atoms with Crippen molar-refractivity contribution in [3.05, 3.63) is 29.0 Å². The predicted octanol–water partition coefficient (Wildman–Crippen LogP) is 3.16. The Morgan fingerprint density at radius 3 is 2.67 bits per heavy atom. The molecule has 3 heteroatoms. The van der Waals surface area contributed by atoms with Crippen molar-refractivity contribution in [3.8, 4) is 0 Å². The molecule has 0 aliphatic heterocycles. The summed E-state index contributed by atoms with van der Waals surface area (Å²) < 4.78 is -0.578. The molecule has 0 amide bonds. The summed E-state index contributed by atoms with van der Waals surface area (Å²) in [4.78, 5) is 0. The zero-order valence-corrected chi connectivity index (χ0v) is 7.46. The zero-order chi connectivity index (χ0) is 6.91. The average Bonchev–Trinajstić information content (AvgIpc) is 1.78. The van der Waals surface area contributed by atoms with Gasteiger partial charge in [-0.05, 0) is 18.2 Å². The standard InChI is InChI=1S/C6H3BrCl2/c7-6(9)3-1-5(8)2-4-6/h1,3-4H. The Bertz CT molecular complexity index is 209. The van der Waals surface area contributed by atoms with Gasteiger partial charge in [0.2, 0.25) is 0 Å². The molecule has 1 rings (SSSR count). The van der Waals surface area contributed by atoms with Crippen molar-refractivity contribution in [2.45, 2.75) is 3.78 Å². The monoisotopic (exact) mass is 224 g/mol. The van der Waals surface area contributed by atoms with E-state index in [2.05, 4.69) is 21.7 Å². The van der Waals surface area contributed by atoms with Crippen molar-refractivity contribution in [3.63, 3.8) is 0 Å². The third-order valence-corrected chi connectivity index (χ3v) is 1.82. The largest absolute Gasteiger partial charge is 0.143 e. The molecule has 1 aliphatic rings. The maximum atomic E-state index is 5.78. The molecule has 0 N–H and O–H groups in total. The van der Waals surface area contributed by atoms with Gasteiger partial charge in [-0.3, -0.25) is 0 Å². The van der Waals surface area contributed by atoms with E-state index in [1.165, 1.54) is 0 Å². The number of hydrogen-bond donors (Lipinski definition) is 0. The first-order valence-corrected chi connectivity index (χ1v) is 3.85. The van der Waals surface area contributed by atoms with Crippen LogP contribution in [0.4, 0.5) is 0 Å². The summed E-state index contributed by atoms with van der Waals surface area (Å²) in [7, 11) is 0. The molecule has 0 aromatic heterocycles. The maximum Gasteiger partial charge on any atom is 0.143 e. The molecule has 0 nitrogen and oxygen atoms in total. The van der Waals surface area contributed by atoms with Gasteiger partial charge in [0.25, 0.3) is 0 Å². The lowest BCUT2D eigenvalue weighted by molar-refractivity contribution is 1.31. The quantitative estimate of drug-likeness (QED) is 0.439. The van der Waals surface area contributed by atoms with Gasteiger partial charge in [-0.2, -0.15) is 0 Å². The van der Waals surface area contributed by atoms with Crippen molar-refractivity contribution < 1.29 is 0 Å². The number of rotatable bonds is 0. The molecule has 0 heterocycles. The van der Waals surface area contributed by atoms with Crippen molar-refractivity contribution >= 4 is 39.1 Å². The second-order valence-corrected chi connectivity index (χ2v) is 4.45. The molecule has 1 unspecified atom stereocenters. The Hall–Kier alpha value is 0.320. The molecule has 48 valence electrons. The second kappa shape index (κ2) is 2.51. The summed E-state index contributed by atoms with van der Waals surface area (Å²) >= 11 is 14.5. The molecular formula is C6H3BrCl2. The van der Waals surface area contributed by atoms with Crippen LogP contribution in [0, 0.1) is 0 Å². The van der Waals surface area contributed by atoms with Gasteiger partial charge < -0.3 is 0 Å². The predicted molar refractivity (Wildman–Crippen MR) is 44.1 cm³/mol. The van der Waals surface area contributed by atoms with Crippen LogP contribution in [-0.4, -0.2) is 3.78 Å². The van der Waals surface area contributed by atoms with Crippen molar-refractivity contribution in [2.75, 3.05) is 0 Å². The number of allylic oxidation sites excluding steroid dienone is 3. The van der Waals surface area contributed by atoms with Crippen molar-refractivity contribution in [1.29, 1.82) is 0 Å². The molecule has 0 bridgehead atoms. The van der Waals surface area contributed by atoms with Crippen molar-refractivity contribution in [2.24, 2.45) is 0 Å². The molecule has 9 heavy (non-hydrogen) atoms. The van der Waals surface area contributed by atoms with E-state index < -0.39 is 3.78 Å². The SMILES string of the molecule is ClC1=C=CC(Cl)(Br)C=C1. The molecular weight excluding hydrogens is 223 g/mol. The Morgan fingerprint density at radius 2 is 2.33 bits per heavy atom. The molecule has 0 saturated heterocycles. The summed E-state index contributed by atoms with van der Waals surface area (Å²) in [6, 6.07) is 0. The minimum atomic E-state index is -0.578. The van der Waals surface area contributed by atoms with Gasteiger partial charge in [0.15, 0.2) is 0 Å². The van der Waals surface area contributed by atoms with E-state index in [4.69, 9.17) is 23.2 Å². The van der Waals surface area contributed by atoms with Crippen LogP contribution in [0.1, 0.15) is 0 Å². The first-order chi connectivity index (χ1) is 4.10. The van der Waals surface area contributed by atoms with Gasteiger partial charge in [0, 0.05) is 0 Å². The molecule has 0 aromatic carbocycles. The number of halogens is 3. The first kappa shape index (κ1) is 7.43. The Kier molecular flexibility index (Phi) is 2.07. The topological polar surface area (TPSA) is 0 Å². The number of hydrogen-bond acceptors (Lipinski definition) is 0. The van der Waals surface area contributed by atoms with E-state index >= 15 is 0 Å². The molecule has 0 saturated carbocycles. The van der Waals surface area contributed by atoms with Gasteiger partial charge in [-0.1, -0.05) is 39.1 Å². The highest BCUT2D eigenvalue weighted by Crippen LogP contribution is 2.29. The highest BCUT2D eigenvalue weighted by atomic mass is 79.9. The fourth-order valence-corrected chi connectivity index (χ4v) is 0.927. The highest BCUT2D eigenvalue weighted by molar-refractivity contribution is 9.10. The second-order valence-electron chi connectivity index (χ2n) is 1.64. The van der Waals surface area contributed by atoms with Crippen LogP contribution in [0.25, 0.3) is 0 Å². The van der Waals surface area contributed by atoms with Crippen LogP contribution in [0.5, 0.6) is 0 Å². The fourth-order valence-electron chi connectivity index (χ4n) is 0.446. The summed E-state index contributed by atoms with van der Waals surface area (Å²) in [6.45, 7) is 0. The molecule has 1 aliphatic carbocycles. The Morgan fingerprint density at radius 1 is 1.67 bits per heavy atom. The lowest BCUT2D eigenvalue weighted by Crippen LogP contribution is -2.02. The normalized spacial score (nSPS) is 32.6. The van der Waals surface area contributed by atoms with E-state index in [1.54, 1.807) is 18.2 Å². The molecule has 0 aromatic rings. The molecule has 1 atom stereocenters. The van der Waals surface area contributed by atoms with E-state index in [9.17, 15) is 0 Å². The van der Waals surface area contributed by atoms with E-state index in [-0.39, 0.29) is 0 Å². The minimum Gasteiger partial charge on any atom is -0.102 e. The Balaban J connectivity index is 2.98. The minimum absolute atomic E-state index is 0.575. The van der Waals surface area contributed by atoms with Crippen LogP contribution in [-0.2, 0) is 0 Å². The van der Waals surface area contributed by atoms with Crippen LogP contribution >= 0.6 is 39.1 Å². The van der Waals surface area contributed by atoms with Gasteiger partial charge in [0.05, 0.1) is 5.03 Å². The van der Waals surface area contributed by atoms with Crippen LogP contribution < -0.4 is 0 Å².